The Balaban J connectivity index is 1.72. The van der Waals surface area contributed by atoms with Gasteiger partial charge in [0.1, 0.15) is 0 Å². The fourth-order valence-corrected chi connectivity index (χ4v) is 2.52. The number of aliphatic hydroxyl groups excluding tert-OH is 1. The summed E-state index contributed by atoms with van der Waals surface area (Å²) in [6.45, 7) is 0.941. The number of carbonyl (C=O) groups excluding carboxylic acids is 1. The molecule has 0 radical (unpaired) electrons. The monoisotopic (exact) mass is 239 g/mol. The largest absolute Gasteiger partial charge is 0.396 e. The molecule has 1 saturated carbocycles. The van der Waals surface area contributed by atoms with Crippen LogP contribution in [0.25, 0.3) is 0 Å². The van der Waals surface area contributed by atoms with Crippen LogP contribution in [0.3, 0.4) is 0 Å². The smallest absolute Gasteiger partial charge is 0.224 e. The minimum absolute atomic E-state index is 0.0858. The molecule has 0 bridgehead atoms. The Kier molecular flexibility index (Phi) is 3.61. The summed E-state index contributed by atoms with van der Waals surface area (Å²) in [7, 11) is 0. The fraction of sp³-hybridized carbons (Fsp3) is 0.583. The maximum Gasteiger partial charge on any atom is 0.224 e. The van der Waals surface area contributed by atoms with E-state index in [4.69, 9.17) is 5.11 Å². The van der Waals surface area contributed by atoms with Gasteiger partial charge in [0.25, 0.3) is 0 Å². The number of nitrogens with one attached hydrogen (secondary N) is 1. The highest BCUT2D eigenvalue weighted by Crippen LogP contribution is 2.47. The van der Waals surface area contributed by atoms with Gasteiger partial charge in [-0.15, -0.1) is 0 Å². The number of thiophene rings is 1. The van der Waals surface area contributed by atoms with Gasteiger partial charge in [-0.25, -0.2) is 0 Å². The van der Waals surface area contributed by atoms with Crippen molar-refractivity contribution in [1.82, 2.24) is 5.32 Å². The van der Waals surface area contributed by atoms with E-state index in [1.54, 1.807) is 11.3 Å². The fourth-order valence-electron chi connectivity index (χ4n) is 1.86. The molecule has 0 aliphatic heterocycles. The highest BCUT2D eigenvalue weighted by molar-refractivity contribution is 7.07. The Morgan fingerprint density at radius 2 is 2.38 bits per heavy atom. The van der Waals surface area contributed by atoms with E-state index in [1.165, 1.54) is 0 Å². The normalized spacial score (nSPS) is 17.1. The first-order valence-electron chi connectivity index (χ1n) is 5.63. The van der Waals surface area contributed by atoms with Gasteiger partial charge >= 0.3 is 0 Å². The minimum atomic E-state index is 0.0858. The second-order valence-electron chi connectivity index (χ2n) is 4.56. The quantitative estimate of drug-likeness (QED) is 0.791. The third kappa shape index (κ3) is 3.06. The number of rotatable bonds is 6. The van der Waals surface area contributed by atoms with Gasteiger partial charge in [0.15, 0.2) is 0 Å². The third-order valence-corrected chi connectivity index (χ3v) is 3.94. The SMILES string of the molecule is O=C(Cc1ccsc1)NCC1(CCO)CC1. The molecule has 1 aromatic heterocycles. The Labute approximate surface area is 99.5 Å². The van der Waals surface area contributed by atoms with E-state index in [1.807, 2.05) is 16.8 Å². The molecule has 3 nitrogen and oxygen atoms in total. The molecular weight excluding hydrogens is 222 g/mol. The molecule has 0 aromatic carbocycles. The van der Waals surface area contributed by atoms with Crippen LogP contribution >= 0.6 is 11.3 Å². The summed E-state index contributed by atoms with van der Waals surface area (Å²) in [5.41, 5.74) is 1.29. The standard InChI is InChI=1S/C12H17NO2S/c14-5-4-12(2-3-12)9-13-11(15)7-10-1-6-16-8-10/h1,6,8,14H,2-5,7,9H2,(H,13,15). The average molecular weight is 239 g/mol. The second-order valence-corrected chi connectivity index (χ2v) is 5.34. The lowest BCUT2D eigenvalue weighted by molar-refractivity contribution is -0.120. The van der Waals surface area contributed by atoms with E-state index in [2.05, 4.69) is 5.32 Å². The number of hydrogen-bond acceptors (Lipinski definition) is 3. The molecule has 4 heteroatoms. The molecule has 2 rings (SSSR count). The lowest BCUT2D eigenvalue weighted by atomic mass is 10.0. The summed E-state index contributed by atoms with van der Waals surface area (Å²) in [5.74, 6) is 0.0858. The van der Waals surface area contributed by atoms with Crippen LogP contribution in [0.4, 0.5) is 0 Å². The molecule has 2 N–H and O–H groups in total. The van der Waals surface area contributed by atoms with E-state index in [-0.39, 0.29) is 17.9 Å². The van der Waals surface area contributed by atoms with Crippen molar-refractivity contribution in [3.8, 4) is 0 Å². The summed E-state index contributed by atoms with van der Waals surface area (Å²) in [6.07, 6.45) is 3.54. The van der Waals surface area contributed by atoms with Crippen molar-refractivity contribution in [3.63, 3.8) is 0 Å². The van der Waals surface area contributed by atoms with Crippen molar-refractivity contribution in [2.24, 2.45) is 5.41 Å². The first kappa shape index (κ1) is 11.6. The van der Waals surface area contributed by atoms with E-state index < -0.39 is 0 Å². The molecule has 1 heterocycles. The third-order valence-electron chi connectivity index (χ3n) is 3.20. The van der Waals surface area contributed by atoms with Gasteiger partial charge in [0, 0.05) is 13.2 Å². The highest BCUT2D eigenvalue weighted by Gasteiger charge is 2.41. The summed E-state index contributed by atoms with van der Waals surface area (Å²) in [5, 5.41) is 15.8. The van der Waals surface area contributed by atoms with E-state index in [9.17, 15) is 4.79 Å². The molecule has 1 fully saturated rings. The summed E-state index contributed by atoms with van der Waals surface area (Å²) < 4.78 is 0. The van der Waals surface area contributed by atoms with Crippen LogP contribution in [0.2, 0.25) is 0 Å². The van der Waals surface area contributed by atoms with Crippen LogP contribution in [0.1, 0.15) is 24.8 Å². The number of hydrogen-bond donors (Lipinski definition) is 2. The molecule has 0 spiro atoms. The number of amides is 1. The Morgan fingerprint density at radius 1 is 1.56 bits per heavy atom. The predicted molar refractivity (Wildman–Crippen MR) is 64.4 cm³/mol. The zero-order valence-electron chi connectivity index (χ0n) is 9.24. The van der Waals surface area contributed by atoms with E-state index >= 15 is 0 Å². The number of carbonyl (C=O) groups is 1. The minimum Gasteiger partial charge on any atom is -0.396 e. The van der Waals surface area contributed by atoms with Crippen LogP contribution in [-0.4, -0.2) is 24.2 Å². The van der Waals surface area contributed by atoms with Gasteiger partial charge in [-0.05, 0) is 47.1 Å². The molecule has 0 unspecified atom stereocenters. The van der Waals surface area contributed by atoms with E-state index in [0.717, 1.165) is 31.4 Å². The lowest BCUT2D eigenvalue weighted by Gasteiger charge is -2.14. The van der Waals surface area contributed by atoms with Crippen LogP contribution in [0, 0.1) is 5.41 Å². The lowest BCUT2D eigenvalue weighted by Crippen LogP contribution is -2.31. The van der Waals surface area contributed by atoms with Crippen LogP contribution in [-0.2, 0) is 11.2 Å². The molecular formula is C12H17NO2S. The molecule has 0 saturated heterocycles. The van der Waals surface area contributed by atoms with Gasteiger partial charge < -0.3 is 10.4 Å². The highest BCUT2D eigenvalue weighted by atomic mass is 32.1. The van der Waals surface area contributed by atoms with Gasteiger partial charge in [0.2, 0.25) is 5.91 Å². The molecule has 16 heavy (non-hydrogen) atoms. The topological polar surface area (TPSA) is 49.3 Å². The predicted octanol–water partition coefficient (Wildman–Crippen LogP) is 1.57. The maximum absolute atomic E-state index is 11.6. The molecule has 1 aliphatic carbocycles. The second kappa shape index (κ2) is 4.97. The van der Waals surface area contributed by atoms with Crippen molar-refractivity contribution >= 4 is 17.2 Å². The molecule has 0 atom stereocenters. The van der Waals surface area contributed by atoms with Gasteiger partial charge in [-0.3, -0.25) is 4.79 Å². The molecule has 1 amide bonds. The van der Waals surface area contributed by atoms with Crippen molar-refractivity contribution in [3.05, 3.63) is 22.4 Å². The Hall–Kier alpha value is -0.870. The first-order valence-corrected chi connectivity index (χ1v) is 6.57. The van der Waals surface area contributed by atoms with Gasteiger partial charge in [-0.1, -0.05) is 0 Å². The molecule has 1 aliphatic rings. The van der Waals surface area contributed by atoms with Crippen LogP contribution < -0.4 is 5.32 Å². The Bertz CT molecular complexity index is 344. The van der Waals surface area contributed by atoms with Gasteiger partial charge in [0.05, 0.1) is 6.42 Å². The Morgan fingerprint density at radius 3 is 2.94 bits per heavy atom. The van der Waals surface area contributed by atoms with Crippen molar-refractivity contribution in [1.29, 1.82) is 0 Å². The first-order chi connectivity index (χ1) is 7.74. The summed E-state index contributed by atoms with van der Waals surface area (Å²) >= 11 is 1.61. The maximum atomic E-state index is 11.6. The number of aliphatic hydroxyl groups is 1. The van der Waals surface area contributed by atoms with Crippen LogP contribution in [0.5, 0.6) is 0 Å². The van der Waals surface area contributed by atoms with Crippen molar-refractivity contribution in [2.75, 3.05) is 13.2 Å². The average Bonchev–Trinajstić information content (AvgIpc) is 2.83. The van der Waals surface area contributed by atoms with Crippen molar-refractivity contribution in [2.45, 2.75) is 25.7 Å². The van der Waals surface area contributed by atoms with E-state index in [0.29, 0.717) is 6.42 Å². The summed E-state index contributed by atoms with van der Waals surface area (Å²) in [4.78, 5) is 11.6. The van der Waals surface area contributed by atoms with Gasteiger partial charge in [-0.2, -0.15) is 11.3 Å². The molecule has 88 valence electrons. The zero-order chi connectivity index (χ0) is 11.4. The van der Waals surface area contributed by atoms with Crippen LogP contribution in [0.15, 0.2) is 16.8 Å². The summed E-state index contributed by atoms with van der Waals surface area (Å²) in [6, 6.07) is 1.98. The van der Waals surface area contributed by atoms with Crippen molar-refractivity contribution < 1.29 is 9.90 Å². The zero-order valence-corrected chi connectivity index (χ0v) is 10.1. The molecule has 1 aromatic rings.